The van der Waals surface area contributed by atoms with Crippen molar-refractivity contribution in [1.82, 2.24) is 0 Å². The van der Waals surface area contributed by atoms with Gasteiger partial charge >= 0.3 is 11.9 Å². The molecule has 0 radical (unpaired) electrons. The molecule has 2 unspecified atom stereocenters. The van der Waals surface area contributed by atoms with Crippen molar-refractivity contribution in [3.05, 3.63) is 0 Å². The summed E-state index contributed by atoms with van der Waals surface area (Å²) in [5.74, 6) is -0.0942. The highest BCUT2D eigenvalue weighted by Gasteiger charge is 2.46. The highest BCUT2D eigenvalue weighted by atomic mass is 32.2. The van der Waals surface area contributed by atoms with E-state index in [1.807, 2.05) is 0 Å². The SMILES string of the molecule is COC(=O)CC1(CSC2CCC2C(=O)O)CC1. The molecular formula is C12H18O4S. The third-order valence-corrected chi connectivity index (χ3v) is 5.61. The van der Waals surface area contributed by atoms with Gasteiger partial charge in [-0.3, -0.25) is 9.59 Å². The normalized spacial score (nSPS) is 29.2. The molecule has 0 amide bonds. The third-order valence-electron chi connectivity index (χ3n) is 3.84. The van der Waals surface area contributed by atoms with Crippen molar-refractivity contribution in [3.8, 4) is 0 Å². The summed E-state index contributed by atoms with van der Waals surface area (Å²) in [6, 6.07) is 0. The highest BCUT2D eigenvalue weighted by Crippen LogP contribution is 2.53. The average Bonchev–Trinajstić information content (AvgIpc) is 2.95. The van der Waals surface area contributed by atoms with Crippen molar-refractivity contribution in [2.75, 3.05) is 12.9 Å². The van der Waals surface area contributed by atoms with E-state index < -0.39 is 5.97 Å². The fourth-order valence-corrected chi connectivity index (χ4v) is 3.91. The fourth-order valence-electron chi connectivity index (χ4n) is 2.16. The number of aliphatic carboxylic acids is 1. The quantitative estimate of drug-likeness (QED) is 0.737. The van der Waals surface area contributed by atoms with Gasteiger partial charge in [0.05, 0.1) is 19.4 Å². The average molecular weight is 258 g/mol. The van der Waals surface area contributed by atoms with E-state index in [4.69, 9.17) is 9.84 Å². The number of ether oxygens (including phenoxy) is 1. The number of methoxy groups -OCH3 is 1. The minimum absolute atomic E-state index is 0.108. The standard InChI is InChI=1S/C12H18O4S/c1-16-10(13)6-12(4-5-12)7-17-9-3-2-8(9)11(14)15/h8-9H,2-7H2,1H3,(H,14,15). The van der Waals surface area contributed by atoms with E-state index in [9.17, 15) is 9.59 Å². The maximum Gasteiger partial charge on any atom is 0.307 e. The van der Waals surface area contributed by atoms with E-state index in [2.05, 4.69) is 0 Å². The first-order chi connectivity index (χ1) is 8.06. The number of carbonyl (C=O) groups is 2. The van der Waals surface area contributed by atoms with Crippen LogP contribution in [0.5, 0.6) is 0 Å². The van der Waals surface area contributed by atoms with Crippen LogP contribution in [0.3, 0.4) is 0 Å². The van der Waals surface area contributed by atoms with Gasteiger partial charge < -0.3 is 9.84 Å². The molecule has 0 aromatic carbocycles. The molecule has 2 aliphatic rings. The van der Waals surface area contributed by atoms with Crippen LogP contribution >= 0.6 is 11.8 Å². The van der Waals surface area contributed by atoms with Gasteiger partial charge in [0.25, 0.3) is 0 Å². The number of carboxylic acid groups (broad SMARTS) is 1. The van der Waals surface area contributed by atoms with Crippen LogP contribution in [0.1, 0.15) is 32.1 Å². The van der Waals surface area contributed by atoms with Crippen LogP contribution in [0.4, 0.5) is 0 Å². The van der Waals surface area contributed by atoms with E-state index in [0.717, 1.165) is 31.4 Å². The zero-order chi connectivity index (χ0) is 12.5. The van der Waals surface area contributed by atoms with Gasteiger partial charge in [0, 0.05) is 5.25 Å². The second kappa shape index (κ2) is 4.88. The number of rotatable bonds is 6. The van der Waals surface area contributed by atoms with Gasteiger partial charge in [-0.15, -0.1) is 0 Å². The largest absolute Gasteiger partial charge is 0.481 e. The van der Waals surface area contributed by atoms with Crippen molar-refractivity contribution in [2.24, 2.45) is 11.3 Å². The molecule has 96 valence electrons. The van der Waals surface area contributed by atoms with E-state index >= 15 is 0 Å². The Bertz CT molecular complexity index is 324. The van der Waals surface area contributed by atoms with Gasteiger partial charge in [-0.25, -0.2) is 0 Å². The maximum absolute atomic E-state index is 11.2. The van der Waals surface area contributed by atoms with Crippen LogP contribution in [0.15, 0.2) is 0 Å². The third kappa shape index (κ3) is 2.94. The summed E-state index contributed by atoms with van der Waals surface area (Å²) in [4.78, 5) is 22.1. The van der Waals surface area contributed by atoms with E-state index in [1.165, 1.54) is 7.11 Å². The lowest BCUT2D eigenvalue weighted by atomic mass is 9.85. The van der Waals surface area contributed by atoms with Crippen LogP contribution < -0.4 is 0 Å². The molecule has 2 rings (SSSR count). The van der Waals surface area contributed by atoms with E-state index in [0.29, 0.717) is 6.42 Å². The molecule has 0 heterocycles. The molecule has 0 saturated heterocycles. The Morgan fingerprint density at radius 1 is 1.41 bits per heavy atom. The van der Waals surface area contributed by atoms with Gasteiger partial charge in [0.1, 0.15) is 0 Å². The van der Waals surface area contributed by atoms with Crippen molar-refractivity contribution in [1.29, 1.82) is 0 Å². The van der Waals surface area contributed by atoms with E-state index in [-0.39, 0.29) is 22.6 Å². The summed E-state index contributed by atoms with van der Waals surface area (Å²) in [5.41, 5.74) is 0.108. The van der Waals surface area contributed by atoms with Crippen LogP contribution in [0, 0.1) is 11.3 Å². The lowest BCUT2D eigenvalue weighted by molar-refractivity contribution is -0.144. The molecular weight excluding hydrogens is 240 g/mol. The molecule has 4 nitrogen and oxygen atoms in total. The first-order valence-electron chi connectivity index (χ1n) is 5.97. The van der Waals surface area contributed by atoms with Crippen molar-refractivity contribution in [3.63, 3.8) is 0 Å². The number of carbonyl (C=O) groups excluding carboxylic acids is 1. The smallest absolute Gasteiger partial charge is 0.307 e. The Morgan fingerprint density at radius 2 is 2.12 bits per heavy atom. The summed E-state index contributed by atoms with van der Waals surface area (Å²) < 4.78 is 4.69. The van der Waals surface area contributed by atoms with Crippen LogP contribution in [0.25, 0.3) is 0 Å². The molecule has 17 heavy (non-hydrogen) atoms. The van der Waals surface area contributed by atoms with Gasteiger partial charge in [-0.1, -0.05) is 0 Å². The summed E-state index contributed by atoms with van der Waals surface area (Å²) >= 11 is 1.73. The Morgan fingerprint density at radius 3 is 2.53 bits per heavy atom. The molecule has 2 fully saturated rings. The van der Waals surface area contributed by atoms with Gasteiger partial charge in [0.2, 0.25) is 0 Å². The lowest BCUT2D eigenvalue weighted by Gasteiger charge is -2.33. The maximum atomic E-state index is 11.2. The predicted molar refractivity (Wildman–Crippen MR) is 64.9 cm³/mol. The zero-order valence-electron chi connectivity index (χ0n) is 9.98. The number of hydrogen-bond donors (Lipinski definition) is 1. The number of thioether (sulfide) groups is 1. The molecule has 0 aliphatic heterocycles. The first-order valence-corrected chi connectivity index (χ1v) is 7.02. The molecule has 2 atom stereocenters. The molecule has 0 spiro atoms. The molecule has 2 aliphatic carbocycles. The van der Waals surface area contributed by atoms with Crippen molar-refractivity contribution >= 4 is 23.7 Å². The summed E-state index contributed by atoms with van der Waals surface area (Å²) in [6.45, 7) is 0. The highest BCUT2D eigenvalue weighted by molar-refractivity contribution is 8.00. The molecule has 0 aromatic rings. The molecule has 5 heteroatoms. The Labute approximate surface area is 105 Å². The first kappa shape index (κ1) is 12.7. The monoisotopic (exact) mass is 258 g/mol. The minimum Gasteiger partial charge on any atom is -0.481 e. The van der Waals surface area contributed by atoms with E-state index in [1.54, 1.807) is 11.8 Å². The second-order valence-electron chi connectivity index (χ2n) is 5.12. The molecule has 0 bridgehead atoms. The number of carboxylic acids is 1. The topological polar surface area (TPSA) is 63.6 Å². The minimum atomic E-state index is -0.674. The predicted octanol–water partition coefficient (Wildman–Crippen LogP) is 1.93. The second-order valence-corrected chi connectivity index (χ2v) is 6.35. The van der Waals surface area contributed by atoms with Gasteiger partial charge in [-0.05, 0) is 36.9 Å². The fraction of sp³-hybridized carbons (Fsp3) is 0.833. The van der Waals surface area contributed by atoms with Gasteiger partial charge in [-0.2, -0.15) is 11.8 Å². The molecule has 0 aromatic heterocycles. The number of esters is 1. The Kier molecular flexibility index (Phi) is 3.66. The summed E-state index contributed by atoms with van der Waals surface area (Å²) in [6.07, 6.45) is 4.42. The van der Waals surface area contributed by atoms with Crippen molar-refractivity contribution in [2.45, 2.75) is 37.4 Å². The summed E-state index contributed by atoms with van der Waals surface area (Å²) in [5, 5.41) is 9.20. The molecule has 1 N–H and O–H groups in total. The van der Waals surface area contributed by atoms with Crippen molar-refractivity contribution < 1.29 is 19.4 Å². The summed E-state index contributed by atoms with van der Waals surface area (Å²) in [7, 11) is 1.41. The molecule has 2 saturated carbocycles. The van der Waals surface area contributed by atoms with Gasteiger partial charge in [0.15, 0.2) is 0 Å². The number of hydrogen-bond acceptors (Lipinski definition) is 4. The van der Waals surface area contributed by atoms with Crippen LogP contribution in [-0.4, -0.2) is 35.2 Å². The van der Waals surface area contributed by atoms with Crippen LogP contribution in [-0.2, 0) is 14.3 Å². The lowest BCUT2D eigenvalue weighted by Crippen LogP contribution is -2.36. The van der Waals surface area contributed by atoms with Crippen LogP contribution in [0.2, 0.25) is 0 Å². The Hall–Kier alpha value is -0.710. The Balaban J connectivity index is 1.75. The zero-order valence-corrected chi connectivity index (χ0v) is 10.8.